The molecule has 3 aromatic heterocycles. The number of rotatable bonds is 6. The van der Waals surface area contributed by atoms with Crippen LogP contribution < -0.4 is 11.1 Å². The average molecular weight is 388 g/mol. The van der Waals surface area contributed by atoms with E-state index in [0.717, 1.165) is 15.9 Å². The minimum Gasteiger partial charge on any atom is -0.462 e. The Hall–Kier alpha value is -3.27. The number of thiophene rings is 1. The summed E-state index contributed by atoms with van der Waals surface area (Å²) in [6.07, 6.45) is 1.55. The standard InChI is InChI=1S/C17H16N4O5S/c1-3-25-16(23)14-10(2)8-13(27-14)19-12(22)9-21-15(20-26-17(21)24)11-6-4-5-7-18-11/h4-8H,3,9H2,1-2H3,(H,19,22). The van der Waals surface area contributed by atoms with E-state index < -0.39 is 17.6 Å². The summed E-state index contributed by atoms with van der Waals surface area (Å²) in [5.41, 5.74) is 1.11. The van der Waals surface area contributed by atoms with Crippen molar-refractivity contribution >= 4 is 28.2 Å². The Morgan fingerprint density at radius 2 is 2.19 bits per heavy atom. The Morgan fingerprint density at radius 3 is 2.89 bits per heavy atom. The van der Waals surface area contributed by atoms with Gasteiger partial charge in [-0.05, 0) is 37.6 Å². The smallest absolute Gasteiger partial charge is 0.442 e. The van der Waals surface area contributed by atoms with Gasteiger partial charge in [-0.25, -0.2) is 14.2 Å². The van der Waals surface area contributed by atoms with E-state index in [4.69, 9.17) is 4.74 Å². The summed E-state index contributed by atoms with van der Waals surface area (Å²) < 4.78 is 10.7. The molecule has 0 saturated heterocycles. The molecule has 0 saturated carbocycles. The SMILES string of the molecule is CCOC(=O)c1sc(NC(=O)Cn2c(-c3ccccn3)noc2=O)cc1C. The highest BCUT2D eigenvalue weighted by Crippen LogP contribution is 2.27. The Balaban J connectivity index is 1.76. The average Bonchev–Trinajstić information content (AvgIpc) is 3.19. The number of amides is 1. The van der Waals surface area contributed by atoms with Gasteiger partial charge in [-0.15, -0.1) is 11.3 Å². The van der Waals surface area contributed by atoms with E-state index in [1.165, 1.54) is 0 Å². The number of ether oxygens (including phenoxy) is 1. The van der Waals surface area contributed by atoms with Gasteiger partial charge in [0.2, 0.25) is 11.7 Å². The highest BCUT2D eigenvalue weighted by atomic mass is 32.1. The monoisotopic (exact) mass is 388 g/mol. The normalized spacial score (nSPS) is 10.6. The van der Waals surface area contributed by atoms with E-state index in [-0.39, 0.29) is 19.0 Å². The number of nitrogens with one attached hydrogen (secondary N) is 1. The molecule has 3 heterocycles. The summed E-state index contributed by atoms with van der Waals surface area (Å²) in [6.45, 7) is 3.44. The van der Waals surface area contributed by atoms with Crippen LogP contribution in [0, 0.1) is 6.92 Å². The summed E-state index contributed by atoms with van der Waals surface area (Å²) >= 11 is 1.11. The Labute approximate surface area is 157 Å². The second kappa shape index (κ2) is 7.96. The molecule has 0 unspecified atom stereocenters. The number of hydrogen-bond acceptors (Lipinski definition) is 8. The first-order chi connectivity index (χ1) is 13.0. The Bertz CT molecular complexity index is 1020. The molecule has 10 heteroatoms. The Kier molecular flexibility index (Phi) is 5.46. The molecule has 9 nitrogen and oxygen atoms in total. The minimum atomic E-state index is -0.764. The topological polar surface area (TPSA) is 116 Å². The maximum atomic E-state index is 12.4. The van der Waals surface area contributed by atoms with Crippen LogP contribution in [0.15, 0.2) is 39.8 Å². The van der Waals surface area contributed by atoms with E-state index in [9.17, 15) is 14.4 Å². The third-order valence-electron chi connectivity index (χ3n) is 3.52. The molecule has 27 heavy (non-hydrogen) atoms. The first kappa shape index (κ1) is 18.5. The van der Waals surface area contributed by atoms with E-state index in [1.54, 1.807) is 44.3 Å². The van der Waals surface area contributed by atoms with Gasteiger partial charge in [-0.1, -0.05) is 11.2 Å². The molecule has 0 aromatic carbocycles. The Morgan fingerprint density at radius 1 is 1.37 bits per heavy atom. The van der Waals surface area contributed by atoms with Crippen LogP contribution in [-0.4, -0.2) is 33.2 Å². The molecule has 0 spiro atoms. The molecular weight excluding hydrogens is 372 g/mol. The number of esters is 1. The summed E-state index contributed by atoms with van der Waals surface area (Å²) in [6, 6.07) is 6.78. The highest BCUT2D eigenvalue weighted by molar-refractivity contribution is 7.18. The van der Waals surface area contributed by atoms with Crippen molar-refractivity contribution in [2.24, 2.45) is 0 Å². The van der Waals surface area contributed by atoms with Gasteiger partial charge in [0.25, 0.3) is 0 Å². The zero-order valence-electron chi connectivity index (χ0n) is 14.6. The molecule has 140 valence electrons. The van der Waals surface area contributed by atoms with Crippen molar-refractivity contribution in [2.75, 3.05) is 11.9 Å². The third-order valence-corrected chi connectivity index (χ3v) is 4.66. The lowest BCUT2D eigenvalue weighted by atomic mass is 10.3. The lowest BCUT2D eigenvalue weighted by Crippen LogP contribution is -2.25. The van der Waals surface area contributed by atoms with Gasteiger partial charge >= 0.3 is 11.7 Å². The fraction of sp³-hybridized carbons (Fsp3) is 0.235. The van der Waals surface area contributed by atoms with Crippen LogP contribution in [0.3, 0.4) is 0 Å². The molecule has 3 aromatic rings. The predicted octanol–water partition coefficient (Wildman–Crippen LogP) is 2.08. The molecule has 0 fully saturated rings. The lowest BCUT2D eigenvalue weighted by Gasteiger charge is -2.04. The number of carbonyl (C=O) groups is 2. The van der Waals surface area contributed by atoms with Crippen molar-refractivity contribution < 1.29 is 18.8 Å². The van der Waals surface area contributed by atoms with Crippen LogP contribution in [-0.2, 0) is 16.1 Å². The fourth-order valence-electron chi connectivity index (χ4n) is 2.35. The maximum Gasteiger partial charge on any atom is 0.442 e. The zero-order valence-corrected chi connectivity index (χ0v) is 15.4. The van der Waals surface area contributed by atoms with Gasteiger partial charge in [0.1, 0.15) is 17.1 Å². The van der Waals surface area contributed by atoms with E-state index >= 15 is 0 Å². The summed E-state index contributed by atoms with van der Waals surface area (Å²) in [4.78, 5) is 40.6. The second-order valence-electron chi connectivity index (χ2n) is 5.46. The van der Waals surface area contributed by atoms with Crippen molar-refractivity contribution in [1.82, 2.24) is 14.7 Å². The first-order valence-electron chi connectivity index (χ1n) is 8.05. The number of anilines is 1. The van der Waals surface area contributed by atoms with Crippen LogP contribution >= 0.6 is 11.3 Å². The van der Waals surface area contributed by atoms with Gasteiger partial charge in [-0.2, -0.15) is 0 Å². The molecular formula is C17H16N4O5S. The van der Waals surface area contributed by atoms with Gasteiger partial charge in [-0.3, -0.25) is 14.3 Å². The number of nitrogens with zero attached hydrogens (tertiary/aromatic N) is 3. The third kappa shape index (κ3) is 4.11. The minimum absolute atomic E-state index is 0.158. The number of hydrogen-bond donors (Lipinski definition) is 1. The number of pyridine rings is 1. The second-order valence-corrected chi connectivity index (χ2v) is 6.52. The molecule has 0 radical (unpaired) electrons. The number of aryl methyl sites for hydroxylation is 1. The number of aromatic nitrogens is 3. The molecule has 0 aliphatic heterocycles. The van der Waals surface area contributed by atoms with E-state index in [2.05, 4.69) is 20.0 Å². The highest BCUT2D eigenvalue weighted by Gasteiger charge is 2.19. The zero-order chi connectivity index (χ0) is 19.4. The van der Waals surface area contributed by atoms with Gasteiger partial charge in [0, 0.05) is 6.20 Å². The van der Waals surface area contributed by atoms with Crippen LogP contribution in [0.2, 0.25) is 0 Å². The largest absolute Gasteiger partial charge is 0.462 e. The van der Waals surface area contributed by atoms with Gasteiger partial charge in [0.05, 0.1) is 11.6 Å². The van der Waals surface area contributed by atoms with Crippen LogP contribution in [0.5, 0.6) is 0 Å². The van der Waals surface area contributed by atoms with Crippen molar-refractivity contribution in [3.63, 3.8) is 0 Å². The lowest BCUT2D eigenvalue weighted by molar-refractivity contribution is -0.116. The molecule has 0 atom stereocenters. The summed E-state index contributed by atoms with van der Waals surface area (Å²) in [7, 11) is 0. The van der Waals surface area contributed by atoms with Crippen molar-refractivity contribution in [1.29, 1.82) is 0 Å². The molecule has 3 rings (SSSR count). The first-order valence-corrected chi connectivity index (χ1v) is 8.86. The van der Waals surface area contributed by atoms with Crippen LogP contribution in [0.25, 0.3) is 11.5 Å². The van der Waals surface area contributed by atoms with Crippen LogP contribution in [0.4, 0.5) is 5.00 Å². The van der Waals surface area contributed by atoms with Crippen molar-refractivity contribution in [3.05, 3.63) is 51.5 Å². The molecule has 1 N–H and O–H groups in total. The molecule has 0 bridgehead atoms. The van der Waals surface area contributed by atoms with Crippen molar-refractivity contribution in [3.8, 4) is 11.5 Å². The summed E-state index contributed by atoms with van der Waals surface area (Å²) in [5.74, 6) is -1.51. The quantitative estimate of drug-likeness (QED) is 0.643. The van der Waals surface area contributed by atoms with Gasteiger partial charge in [0.15, 0.2) is 0 Å². The molecule has 0 aliphatic rings. The molecule has 0 aliphatic carbocycles. The summed E-state index contributed by atoms with van der Waals surface area (Å²) in [5, 5.41) is 6.83. The van der Waals surface area contributed by atoms with E-state index in [1.807, 2.05) is 0 Å². The van der Waals surface area contributed by atoms with Gasteiger partial charge < -0.3 is 10.1 Å². The molecule has 1 amide bonds. The van der Waals surface area contributed by atoms with Crippen LogP contribution in [0.1, 0.15) is 22.2 Å². The van der Waals surface area contributed by atoms with Crippen molar-refractivity contribution in [2.45, 2.75) is 20.4 Å². The number of carbonyl (C=O) groups excluding carboxylic acids is 2. The predicted molar refractivity (Wildman–Crippen MR) is 97.6 cm³/mol. The fourth-order valence-corrected chi connectivity index (χ4v) is 3.33. The van der Waals surface area contributed by atoms with E-state index in [0.29, 0.717) is 21.1 Å². The maximum absolute atomic E-state index is 12.4.